The first kappa shape index (κ1) is 9.54. The zero-order valence-corrected chi connectivity index (χ0v) is 8.27. The molecule has 5 heteroatoms. The Morgan fingerprint density at radius 3 is 2.75 bits per heavy atom. The van der Waals surface area contributed by atoms with Crippen molar-refractivity contribution in [2.75, 3.05) is 12.3 Å². The summed E-state index contributed by atoms with van der Waals surface area (Å²) in [7, 11) is 1.98. The third kappa shape index (κ3) is 2.22. The maximum atomic E-state index is 5.37. The number of nitrogens with two attached hydrogens (primary N) is 1. The van der Waals surface area contributed by atoms with E-state index in [-0.39, 0.29) is 0 Å². The lowest BCUT2D eigenvalue weighted by molar-refractivity contribution is 0.816. The summed E-state index contributed by atoms with van der Waals surface area (Å²) in [5.74, 6) is 3.85. The molecular formula is C7H14N4S. The molecule has 1 heterocycles. The van der Waals surface area contributed by atoms with Crippen molar-refractivity contribution in [3.63, 3.8) is 0 Å². The molecule has 1 aromatic heterocycles. The van der Waals surface area contributed by atoms with Crippen LogP contribution >= 0.6 is 11.8 Å². The van der Waals surface area contributed by atoms with Crippen molar-refractivity contribution in [2.45, 2.75) is 12.7 Å². The van der Waals surface area contributed by atoms with E-state index in [9.17, 15) is 0 Å². The van der Waals surface area contributed by atoms with E-state index in [0.29, 0.717) is 0 Å². The largest absolute Gasteiger partial charge is 0.330 e. The van der Waals surface area contributed by atoms with Crippen molar-refractivity contribution in [3.05, 3.63) is 11.6 Å². The average Bonchev–Trinajstić information content (AvgIpc) is 2.36. The van der Waals surface area contributed by atoms with E-state index in [2.05, 4.69) is 10.2 Å². The lowest BCUT2D eigenvalue weighted by atomic mass is 10.6. The monoisotopic (exact) mass is 186 g/mol. The second kappa shape index (κ2) is 4.47. The topological polar surface area (TPSA) is 56.7 Å². The fourth-order valence-electron chi connectivity index (χ4n) is 0.823. The summed E-state index contributed by atoms with van der Waals surface area (Å²) in [4.78, 5) is 0. The smallest absolute Gasteiger partial charge is 0.142 e. The SMILES string of the molecule is Cc1nnc(CSCCN)n1C. The zero-order valence-electron chi connectivity index (χ0n) is 7.45. The minimum Gasteiger partial charge on any atom is -0.330 e. The molecule has 0 saturated heterocycles. The number of thioether (sulfide) groups is 1. The lowest BCUT2D eigenvalue weighted by Gasteiger charge is -1.99. The van der Waals surface area contributed by atoms with Gasteiger partial charge in [-0.3, -0.25) is 0 Å². The van der Waals surface area contributed by atoms with Crippen LogP contribution in [0, 0.1) is 6.92 Å². The van der Waals surface area contributed by atoms with Crippen LogP contribution in [0.15, 0.2) is 0 Å². The van der Waals surface area contributed by atoms with Crippen molar-refractivity contribution in [1.82, 2.24) is 14.8 Å². The number of nitrogens with zero attached hydrogens (tertiary/aromatic N) is 3. The molecule has 0 aliphatic carbocycles. The van der Waals surface area contributed by atoms with Gasteiger partial charge in [0.05, 0.1) is 5.75 Å². The van der Waals surface area contributed by atoms with Gasteiger partial charge in [0.2, 0.25) is 0 Å². The molecule has 0 aliphatic rings. The van der Waals surface area contributed by atoms with Gasteiger partial charge >= 0.3 is 0 Å². The Morgan fingerprint density at radius 1 is 1.50 bits per heavy atom. The minimum atomic E-state index is 0.724. The van der Waals surface area contributed by atoms with E-state index in [4.69, 9.17) is 5.73 Å². The molecule has 0 amide bonds. The second-order valence-corrected chi connectivity index (χ2v) is 3.67. The van der Waals surface area contributed by atoms with Gasteiger partial charge in [0.25, 0.3) is 0 Å². The average molecular weight is 186 g/mol. The van der Waals surface area contributed by atoms with Crippen LogP contribution in [-0.2, 0) is 12.8 Å². The molecule has 0 aromatic carbocycles. The van der Waals surface area contributed by atoms with Crippen LogP contribution in [0.2, 0.25) is 0 Å². The summed E-state index contributed by atoms with van der Waals surface area (Å²) in [6.45, 7) is 2.67. The first-order valence-electron chi connectivity index (χ1n) is 3.88. The predicted octanol–water partition coefficient (Wildman–Crippen LogP) is 0.315. The van der Waals surface area contributed by atoms with Crippen LogP contribution in [0.5, 0.6) is 0 Å². The first-order valence-corrected chi connectivity index (χ1v) is 5.04. The quantitative estimate of drug-likeness (QED) is 0.688. The molecule has 2 N–H and O–H groups in total. The molecule has 1 rings (SSSR count). The van der Waals surface area contributed by atoms with Gasteiger partial charge in [0, 0.05) is 19.3 Å². The van der Waals surface area contributed by atoms with Crippen LogP contribution in [0.3, 0.4) is 0 Å². The highest BCUT2D eigenvalue weighted by molar-refractivity contribution is 7.98. The van der Waals surface area contributed by atoms with E-state index < -0.39 is 0 Å². The van der Waals surface area contributed by atoms with E-state index >= 15 is 0 Å². The molecule has 0 saturated carbocycles. The zero-order chi connectivity index (χ0) is 8.97. The summed E-state index contributed by atoms with van der Waals surface area (Å²) in [6, 6.07) is 0. The number of aryl methyl sites for hydroxylation is 1. The van der Waals surface area contributed by atoms with E-state index in [1.165, 1.54) is 0 Å². The summed E-state index contributed by atoms with van der Waals surface area (Å²) in [5, 5.41) is 8.00. The van der Waals surface area contributed by atoms with Crippen molar-refractivity contribution in [1.29, 1.82) is 0 Å². The minimum absolute atomic E-state index is 0.724. The Kier molecular flexibility index (Phi) is 3.55. The highest BCUT2D eigenvalue weighted by Gasteiger charge is 2.03. The number of rotatable bonds is 4. The summed E-state index contributed by atoms with van der Waals surface area (Å²) >= 11 is 1.79. The van der Waals surface area contributed by atoms with Gasteiger partial charge in [0.15, 0.2) is 0 Å². The number of hydrogen-bond acceptors (Lipinski definition) is 4. The summed E-state index contributed by atoms with van der Waals surface area (Å²) in [5.41, 5.74) is 5.37. The predicted molar refractivity (Wildman–Crippen MR) is 51.0 cm³/mol. The highest BCUT2D eigenvalue weighted by Crippen LogP contribution is 2.08. The van der Waals surface area contributed by atoms with Crippen LogP contribution in [-0.4, -0.2) is 27.1 Å². The number of hydrogen-bond donors (Lipinski definition) is 1. The van der Waals surface area contributed by atoms with Crippen molar-refractivity contribution < 1.29 is 0 Å². The van der Waals surface area contributed by atoms with E-state index in [1.807, 2.05) is 18.5 Å². The maximum Gasteiger partial charge on any atom is 0.142 e. The van der Waals surface area contributed by atoms with Crippen LogP contribution in [0.25, 0.3) is 0 Å². The normalized spacial score (nSPS) is 10.6. The first-order chi connectivity index (χ1) is 5.75. The van der Waals surface area contributed by atoms with Gasteiger partial charge < -0.3 is 10.3 Å². The van der Waals surface area contributed by atoms with Crippen LogP contribution in [0.4, 0.5) is 0 Å². The van der Waals surface area contributed by atoms with Gasteiger partial charge in [-0.05, 0) is 6.92 Å². The molecule has 0 radical (unpaired) electrons. The molecule has 68 valence electrons. The molecular weight excluding hydrogens is 172 g/mol. The third-order valence-electron chi connectivity index (χ3n) is 1.68. The molecule has 4 nitrogen and oxygen atoms in total. The molecule has 0 fully saturated rings. The Balaban J connectivity index is 2.46. The van der Waals surface area contributed by atoms with Crippen molar-refractivity contribution in [2.24, 2.45) is 12.8 Å². The third-order valence-corrected chi connectivity index (χ3v) is 2.66. The van der Waals surface area contributed by atoms with Crippen LogP contribution in [0.1, 0.15) is 11.6 Å². The van der Waals surface area contributed by atoms with Gasteiger partial charge in [-0.15, -0.1) is 10.2 Å². The van der Waals surface area contributed by atoms with Crippen molar-refractivity contribution in [3.8, 4) is 0 Å². The van der Waals surface area contributed by atoms with Crippen molar-refractivity contribution >= 4 is 11.8 Å². The summed E-state index contributed by atoms with van der Waals surface area (Å²) in [6.07, 6.45) is 0. The van der Waals surface area contributed by atoms with Gasteiger partial charge in [-0.2, -0.15) is 11.8 Å². The van der Waals surface area contributed by atoms with E-state index in [0.717, 1.165) is 29.7 Å². The molecule has 0 bridgehead atoms. The fourth-order valence-corrected chi connectivity index (χ4v) is 1.57. The Hall–Kier alpha value is -0.550. The molecule has 0 aliphatic heterocycles. The van der Waals surface area contributed by atoms with Gasteiger partial charge in [0.1, 0.15) is 11.6 Å². The Labute approximate surface area is 76.5 Å². The molecule has 0 atom stereocenters. The molecule has 12 heavy (non-hydrogen) atoms. The Morgan fingerprint density at radius 2 is 2.25 bits per heavy atom. The molecule has 1 aromatic rings. The highest BCUT2D eigenvalue weighted by atomic mass is 32.2. The molecule has 0 spiro atoms. The summed E-state index contributed by atoms with van der Waals surface area (Å²) < 4.78 is 2.00. The molecule has 0 unspecified atom stereocenters. The fraction of sp³-hybridized carbons (Fsp3) is 0.714. The second-order valence-electron chi connectivity index (χ2n) is 2.56. The Bertz CT molecular complexity index is 246. The van der Waals surface area contributed by atoms with Gasteiger partial charge in [-0.1, -0.05) is 0 Å². The van der Waals surface area contributed by atoms with Crippen LogP contribution < -0.4 is 5.73 Å². The van der Waals surface area contributed by atoms with Gasteiger partial charge in [-0.25, -0.2) is 0 Å². The standard InChI is InChI=1S/C7H14N4S/c1-6-9-10-7(11(6)2)5-12-4-3-8/h3-5,8H2,1-2H3. The maximum absolute atomic E-state index is 5.37. The number of aromatic nitrogens is 3. The van der Waals surface area contributed by atoms with E-state index in [1.54, 1.807) is 11.8 Å². The lowest BCUT2D eigenvalue weighted by Crippen LogP contribution is -2.03.